The highest BCUT2D eigenvalue weighted by Crippen LogP contribution is 2.32. The van der Waals surface area contributed by atoms with Crippen molar-refractivity contribution < 1.29 is 14.3 Å². The molecule has 1 aromatic rings. The first kappa shape index (κ1) is 15.6. The SMILES string of the molecule is COc1cc2c(cc1OC)CC(=O)N(CCC(C)N)CC2. The van der Waals surface area contributed by atoms with Gasteiger partial charge in [-0.05, 0) is 43.0 Å². The molecule has 0 saturated heterocycles. The van der Waals surface area contributed by atoms with Gasteiger partial charge in [-0.1, -0.05) is 0 Å². The van der Waals surface area contributed by atoms with Gasteiger partial charge in [0.15, 0.2) is 11.5 Å². The normalized spacial score (nSPS) is 16.2. The lowest BCUT2D eigenvalue weighted by molar-refractivity contribution is -0.130. The van der Waals surface area contributed by atoms with Gasteiger partial charge in [-0.25, -0.2) is 0 Å². The van der Waals surface area contributed by atoms with Gasteiger partial charge in [-0.3, -0.25) is 4.79 Å². The smallest absolute Gasteiger partial charge is 0.227 e. The van der Waals surface area contributed by atoms with Crippen LogP contribution in [0.25, 0.3) is 0 Å². The van der Waals surface area contributed by atoms with Gasteiger partial charge in [0.2, 0.25) is 5.91 Å². The van der Waals surface area contributed by atoms with Gasteiger partial charge in [-0.15, -0.1) is 0 Å². The Kier molecular flexibility index (Phi) is 5.07. The molecule has 0 bridgehead atoms. The lowest BCUT2D eigenvalue weighted by Gasteiger charge is -2.21. The Labute approximate surface area is 126 Å². The topological polar surface area (TPSA) is 64.8 Å². The van der Waals surface area contributed by atoms with E-state index in [-0.39, 0.29) is 11.9 Å². The van der Waals surface area contributed by atoms with Gasteiger partial charge >= 0.3 is 0 Å². The van der Waals surface area contributed by atoms with Gasteiger partial charge < -0.3 is 20.1 Å². The summed E-state index contributed by atoms with van der Waals surface area (Å²) in [5, 5.41) is 0. The maximum atomic E-state index is 12.4. The molecule has 21 heavy (non-hydrogen) atoms. The molecule has 2 rings (SSSR count). The molecule has 0 aromatic heterocycles. The van der Waals surface area contributed by atoms with E-state index in [0.29, 0.717) is 17.9 Å². The minimum atomic E-state index is 0.114. The fourth-order valence-corrected chi connectivity index (χ4v) is 2.61. The van der Waals surface area contributed by atoms with Crippen LogP contribution in [0, 0.1) is 0 Å². The third kappa shape index (κ3) is 3.67. The molecular formula is C16H24N2O3. The molecule has 1 aliphatic rings. The second kappa shape index (κ2) is 6.80. The van der Waals surface area contributed by atoms with Crippen molar-refractivity contribution in [2.75, 3.05) is 27.3 Å². The van der Waals surface area contributed by atoms with E-state index in [9.17, 15) is 4.79 Å². The van der Waals surface area contributed by atoms with E-state index < -0.39 is 0 Å². The minimum Gasteiger partial charge on any atom is -0.493 e. The minimum absolute atomic E-state index is 0.114. The van der Waals surface area contributed by atoms with E-state index in [1.54, 1.807) is 14.2 Å². The molecule has 1 heterocycles. The molecule has 1 atom stereocenters. The van der Waals surface area contributed by atoms with Gasteiger partial charge in [0.25, 0.3) is 0 Å². The fraction of sp³-hybridized carbons (Fsp3) is 0.562. The number of nitrogens with two attached hydrogens (primary N) is 1. The zero-order chi connectivity index (χ0) is 15.4. The van der Waals surface area contributed by atoms with Crippen LogP contribution in [0.4, 0.5) is 0 Å². The molecule has 1 aromatic carbocycles. The monoisotopic (exact) mass is 292 g/mol. The largest absolute Gasteiger partial charge is 0.493 e. The van der Waals surface area contributed by atoms with Crippen LogP contribution in [0.2, 0.25) is 0 Å². The van der Waals surface area contributed by atoms with E-state index in [1.165, 1.54) is 0 Å². The molecule has 0 spiro atoms. The quantitative estimate of drug-likeness (QED) is 0.890. The Morgan fingerprint density at radius 3 is 2.43 bits per heavy atom. The summed E-state index contributed by atoms with van der Waals surface area (Å²) in [5.41, 5.74) is 7.97. The number of amides is 1. The van der Waals surface area contributed by atoms with Crippen LogP contribution in [-0.2, 0) is 17.6 Å². The molecule has 5 heteroatoms. The first-order chi connectivity index (χ1) is 10.0. The Balaban J connectivity index is 2.19. The first-order valence-corrected chi connectivity index (χ1v) is 7.32. The number of hydrogen-bond donors (Lipinski definition) is 1. The zero-order valence-electron chi connectivity index (χ0n) is 13.0. The highest BCUT2D eigenvalue weighted by molar-refractivity contribution is 5.80. The third-order valence-electron chi connectivity index (χ3n) is 3.91. The van der Waals surface area contributed by atoms with Crippen LogP contribution in [0.15, 0.2) is 12.1 Å². The number of ether oxygens (including phenoxy) is 2. The summed E-state index contributed by atoms with van der Waals surface area (Å²) < 4.78 is 10.7. The van der Waals surface area contributed by atoms with Crippen LogP contribution < -0.4 is 15.2 Å². The fourth-order valence-electron chi connectivity index (χ4n) is 2.61. The molecule has 116 valence electrons. The van der Waals surface area contributed by atoms with E-state index in [0.717, 1.165) is 37.1 Å². The zero-order valence-corrected chi connectivity index (χ0v) is 13.0. The van der Waals surface area contributed by atoms with Crippen molar-refractivity contribution in [3.05, 3.63) is 23.3 Å². The van der Waals surface area contributed by atoms with Crippen LogP contribution in [0.3, 0.4) is 0 Å². The Hall–Kier alpha value is -1.75. The molecule has 2 N–H and O–H groups in total. The number of methoxy groups -OCH3 is 2. The second-order valence-electron chi connectivity index (χ2n) is 5.55. The number of hydrogen-bond acceptors (Lipinski definition) is 4. The molecular weight excluding hydrogens is 268 g/mol. The Morgan fingerprint density at radius 1 is 1.24 bits per heavy atom. The lowest BCUT2D eigenvalue weighted by atomic mass is 10.0. The van der Waals surface area contributed by atoms with Crippen molar-refractivity contribution in [3.8, 4) is 11.5 Å². The van der Waals surface area contributed by atoms with Crippen molar-refractivity contribution in [2.24, 2.45) is 5.73 Å². The summed E-state index contributed by atoms with van der Waals surface area (Å²) in [6, 6.07) is 4.01. The summed E-state index contributed by atoms with van der Waals surface area (Å²) in [6.07, 6.45) is 2.07. The van der Waals surface area contributed by atoms with Crippen LogP contribution in [-0.4, -0.2) is 44.2 Å². The van der Waals surface area contributed by atoms with Gasteiger partial charge in [0, 0.05) is 19.1 Å². The molecule has 1 unspecified atom stereocenters. The molecule has 0 aliphatic carbocycles. The highest BCUT2D eigenvalue weighted by atomic mass is 16.5. The summed E-state index contributed by atoms with van der Waals surface area (Å²) in [4.78, 5) is 14.3. The Bertz CT molecular complexity index is 514. The van der Waals surface area contributed by atoms with E-state index in [1.807, 2.05) is 24.0 Å². The molecule has 5 nitrogen and oxygen atoms in total. The van der Waals surface area contributed by atoms with Gasteiger partial charge in [0.05, 0.1) is 20.6 Å². The number of nitrogens with zero attached hydrogens (tertiary/aromatic N) is 1. The molecule has 0 fully saturated rings. The van der Waals surface area contributed by atoms with Crippen LogP contribution >= 0.6 is 0 Å². The summed E-state index contributed by atoms with van der Waals surface area (Å²) in [5.74, 6) is 1.54. The van der Waals surface area contributed by atoms with Crippen molar-refractivity contribution in [2.45, 2.75) is 32.2 Å². The molecule has 0 saturated carbocycles. The van der Waals surface area contributed by atoms with Crippen molar-refractivity contribution in [1.29, 1.82) is 0 Å². The van der Waals surface area contributed by atoms with E-state index in [4.69, 9.17) is 15.2 Å². The second-order valence-corrected chi connectivity index (χ2v) is 5.55. The predicted octanol–water partition coefficient (Wildman–Crippen LogP) is 1.37. The average molecular weight is 292 g/mol. The molecule has 1 aliphatic heterocycles. The van der Waals surface area contributed by atoms with E-state index >= 15 is 0 Å². The van der Waals surface area contributed by atoms with Crippen LogP contribution in [0.5, 0.6) is 11.5 Å². The van der Waals surface area contributed by atoms with E-state index in [2.05, 4.69) is 0 Å². The number of fused-ring (bicyclic) bond motifs is 1. The summed E-state index contributed by atoms with van der Waals surface area (Å²) in [7, 11) is 3.23. The standard InChI is InChI=1S/C16H24N2O3/c1-11(17)4-6-18-7-5-12-8-14(20-2)15(21-3)9-13(12)10-16(18)19/h8-9,11H,4-7,10,17H2,1-3H3. The van der Waals surface area contributed by atoms with Gasteiger partial charge in [0.1, 0.15) is 0 Å². The average Bonchev–Trinajstić information content (AvgIpc) is 2.61. The summed E-state index contributed by atoms with van der Waals surface area (Å²) >= 11 is 0. The number of rotatable bonds is 5. The van der Waals surface area contributed by atoms with Crippen molar-refractivity contribution in [1.82, 2.24) is 4.90 Å². The predicted molar refractivity (Wildman–Crippen MR) is 81.8 cm³/mol. The maximum Gasteiger partial charge on any atom is 0.227 e. The lowest BCUT2D eigenvalue weighted by Crippen LogP contribution is -2.35. The van der Waals surface area contributed by atoms with Crippen LogP contribution in [0.1, 0.15) is 24.5 Å². The first-order valence-electron chi connectivity index (χ1n) is 7.32. The Morgan fingerprint density at radius 2 is 1.86 bits per heavy atom. The van der Waals surface area contributed by atoms with Crippen molar-refractivity contribution in [3.63, 3.8) is 0 Å². The third-order valence-corrected chi connectivity index (χ3v) is 3.91. The molecule has 0 radical (unpaired) electrons. The number of carbonyl (C=O) groups excluding carboxylic acids is 1. The number of carbonyl (C=O) groups is 1. The summed E-state index contributed by atoms with van der Waals surface area (Å²) in [6.45, 7) is 3.42. The molecule has 1 amide bonds. The number of benzene rings is 1. The highest BCUT2D eigenvalue weighted by Gasteiger charge is 2.22. The van der Waals surface area contributed by atoms with Gasteiger partial charge in [-0.2, -0.15) is 0 Å². The van der Waals surface area contributed by atoms with Crippen molar-refractivity contribution >= 4 is 5.91 Å². The maximum absolute atomic E-state index is 12.4.